The van der Waals surface area contributed by atoms with E-state index in [-0.39, 0.29) is 18.2 Å². The van der Waals surface area contributed by atoms with Gasteiger partial charge in [0.05, 0.1) is 13.5 Å². The van der Waals surface area contributed by atoms with Crippen LogP contribution in [0.1, 0.15) is 19.4 Å². The molecular weight excluding hydrogens is 246 g/mol. The Balaban J connectivity index is 2.72. The van der Waals surface area contributed by atoms with Crippen LogP contribution in [0.3, 0.4) is 0 Å². The first kappa shape index (κ1) is 15.0. The molecule has 19 heavy (non-hydrogen) atoms. The third kappa shape index (κ3) is 4.28. The number of benzene rings is 1. The van der Waals surface area contributed by atoms with Crippen molar-refractivity contribution in [3.05, 3.63) is 29.8 Å². The summed E-state index contributed by atoms with van der Waals surface area (Å²) in [6.45, 7) is 3.50. The number of carbonyl (C=O) groups is 2. The first-order valence-electron chi connectivity index (χ1n) is 6.09. The van der Waals surface area contributed by atoms with Crippen molar-refractivity contribution < 1.29 is 19.4 Å². The molecule has 0 aromatic heterocycles. The summed E-state index contributed by atoms with van der Waals surface area (Å²) < 4.78 is 5.15. The van der Waals surface area contributed by atoms with Crippen LogP contribution in [0.5, 0.6) is 5.75 Å². The van der Waals surface area contributed by atoms with Crippen molar-refractivity contribution in [1.82, 2.24) is 5.32 Å². The first-order valence-corrected chi connectivity index (χ1v) is 6.09. The van der Waals surface area contributed by atoms with Gasteiger partial charge in [0, 0.05) is 5.56 Å². The van der Waals surface area contributed by atoms with Crippen LogP contribution in [-0.4, -0.2) is 30.1 Å². The third-order valence-corrected chi connectivity index (χ3v) is 2.79. The molecule has 5 nitrogen and oxygen atoms in total. The maximum atomic E-state index is 11.9. The molecule has 1 atom stereocenters. The zero-order valence-corrected chi connectivity index (χ0v) is 11.3. The molecular formula is C14H19NO4. The number of carboxylic acids is 1. The quantitative estimate of drug-likeness (QED) is 0.816. The van der Waals surface area contributed by atoms with E-state index in [0.29, 0.717) is 5.75 Å². The number of aliphatic carboxylic acids is 1. The van der Waals surface area contributed by atoms with Gasteiger partial charge in [-0.15, -0.1) is 0 Å². The minimum absolute atomic E-state index is 0.0977. The van der Waals surface area contributed by atoms with E-state index in [1.54, 1.807) is 26.0 Å². The van der Waals surface area contributed by atoms with Gasteiger partial charge in [-0.3, -0.25) is 4.79 Å². The molecule has 0 radical (unpaired) electrons. The molecule has 0 fully saturated rings. The molecule has 1 aromatic rings. The van der Waals surface area contributed by atoms with Crippen molar-refractivity contribution in [3.63, 3.8) is 0 Å². The molecule has 1 amide bonds. The van der Waals surface area contributed by atoms with E-state index in [1.807, 2.05) is 12.1 Å². The van der Waals surface area contributed by atoms with Crippen molar-refractivity contribution in [2.45, 2.75) is 26.3 Å². The topological polar surface area (TPSA) is 75.6 Å². The minimum Gasteiger partial charge on any atom is -0.496 e. The average Bonchev–Trinajstić information content (AvgIpc) is 2.36. The highest BCUT2D eigenvalue weighted by molar-refractivity contribution is 5.85. The fourth-order valence-corrected chi connectivity index (χ4v) is 1.76. The molecule has 2 N–H and O–H groups in total. The average molecular weight is 265 g/mol. The Morgan fingerprint density at radius 2 is 1.95 bits per heavy atom. The summed E-state index contributed by atoms with van der Waals surface area (Å²) in [4.78, 5) is 22.9. The highest BCUT2D eigenvalue weighted by Crippen LogP contribution is 2.17. The minimum atomic E-state index is -1.02. The zero-order chi connectivity index (χ0) is 14.4. The normalized spacial score (nSPS) is 12.0. The number of ether oxygens (including phenoxy) is 1. The van der Waals surface area contributed by atoms with E-state index in [0.717, 1.165) is 5.56 Å². The fraction of sp³-hybridized carbons (Fsp3) is 0.429. The van der Waals surface area contributed by atoms with Gasteiger partial charge in [0.2, 0.25) is 5.91 Å². The second-order valence-corrected chi connectivity index (χ2v) is 4.62. The maximum Gasteiger partial charge on any atom is 0.326 e. The van der Waals surface area contributed by atoms with Crippen LogP contribution >= 0.6 is 0 Å². The van der Waals surface area contributed by atoms with Crippen molar-refractivity contribution in [2.24, 2.45) is 5.92 Å². The van der Waals surface area contributed by atoms with Crippen molar-refractivity contribution >= 4 is 11.9 Å². The van der Waals surface area contributed by atoms with Crippen molar-refractivity contribution in [3.8, 4) is 5.75 Å². The molecule has 0 heterocycles. The predicted molar refractivity (Wildman–Crippen MR) is 71.1 cm³/mol. The van der Waals surface area contributed by atoms with Crippen molar-refractivity contribution in [1.29, 1.82) is 0 Å². The van der Waals surface area contributed by atoms with Gasteiger partial charge in [-0.2, -0.15) is 0 Å². The molecule has 0 saturated carbocycles. The molecule has 0 aliphatic rings. The zero-order valence-electron chi connectivity index (χ0n) is 11.3. The number of methoxy groups -OCH3 is 1. The van der Waals surface area contributed by atoms with E-state index >= 15 is 0 Å². The molecule has 0 spiro atoms. The Labute approximate surface area is 112 Å². The third-order valence-electron chi connectivity index (χ3n) is 2.79. The lowest BCUT2D eigenvalue weighted by atomic mass is 10.0. The van der Waals surface area contributed by atoms with Gasteiger partial charge >= 0.3 is 5.97 Å². The monoisotopic (exact) mass is 265 g/mol. The van der Waals surface area contributed by atoms with Gasteiger partial charge < -0.3 is 15.2 Å². The lowest BCUT2D eigenvalue weighted by Gasteiger charge is -2.18. The summed E-state index contributed by atoms with van der Waals surface area (Å²) in [6, 6.07) is 6.29. The Kier molecular flexibility index (Phi) is 5.36. The van der Waals surface area contributed by atoms with E-state index in [9.17, 15) is 9.59 Å². The van der Waals surface area contributed by atoms with Crippen LogP contribution in [0.25, 0.3) is 0 Å². The lowest BCUT2D eigenvalue weighted by molar-refractivity contribution is -0.143. The molecule has 0 aliphatic heterocycles. The predicted octanol–water partition coefficient (Wildman–Crippen LogP) is 1.46. The Morgan fingerprint density at radius 3 is 2.47 bits per heavy atom. The molecule has 1 rings (SSSR count). The molecule has 5 heteroatoms. The molecule has 0 saturated heterocycles. The number of hydrogen-bond donors (Lipinski definition) is 2. The molecule has 0 unspecified atom stereocenters. The molecule has 0 aliphatic carbocycles. The van der Waals surface area contributed by atoms with Crippen LogP contribution < -0.4 is 10.1 Å². The van der Waals surface area contributed by atoms with E-state index in [2.05, 4.69) is 5.32 Å². The molecule has 104 valence electrons. The van der Waals surface area contributed by atoms with Gasteiger partial charge in [-0.1, -0.05) is 32.0 Å². The number of amides is 1. The van der Waals surface area contributed by atoms with Crippen LogP contribution in [0, 0.1) is 5.92 Å². The van der Waals surface area contributed by atoms with E-state index < -0.39 is 12.0 Å². The Morgan fingerprint density at radius 1 is 1.32 bits per heavy atom. The van der Waals surface area contributed by atoms with Gasteiger partial charge in [0.15, 0.2) is 0 Å². The second kappa shape index (κ2) is 6.78. The summed E-state index contributed by atoms with van der Waals surface area (Å²) in [5.74, 6) is -0.901. The fourth-order valence-electron chi connectivity index (χ4n) is 1.76. The van der Waals surface area contributed by atoms with Crippen LogP contribution in [-0.2, 0) is 16.0 Å². The lowest BCUT2D eigenvalue weighted by Crippen LogP contribution is -2.44. The van der Waals surface area contributed by atoms with Crippen LogP contribution in [0.2, 0.25) is 0 Å². The first-order chi connectivity index (χ1) is 8.95. The number of carbonyl (C=O) groups excluding carboxylic acids is 1. The number of carboxylic acid groups (broad SMARTS) is 1. The van der Waals surface area contributed by atoms with E-state index in [4.69, 9.17) is 9.84 Å². The number of nitrogens with one attached hydrogen (secondary N) is 1. The molecule has 1 aromatic carbocycles. The second-order valence-electron chi connectivity index (χ2n) is 4.62. The summed E-state index contributed by atoms with van der Waals surface area (Å²) in [5, 5.41) is 11.5. The van der Waals surface area contributed by atoms with E-state index in [1.165, 1.54) is 7.11 Å². The number of rotatable bonds is 6. The molecule has 0 bridgehead atoms. The summed E-state index contributed by atoms with van der Waals surface area (Å²) in [5.41, 5.74) is 0.732. The summed E-state index contributed by atoms with van der Waals surface area (Å²) >= 11 is 0. The van der Waals surface area contributed by atoms with Gasteiger partial charge in [-0.25, -0.2) is 4.79 Å². The maximum absolute atomic E-state index is 11.9. The largest absolute Gasteiger partial charge is 0.496 e. The standard InChI is InChI=1S/C14H19NO4/c1-9(2)13(14(17)18)15-12(16)8-10-6-4-5-7-11(10)19-3/h4-7,9,13H,8H2,1-3H3,(H,15,16)(H,17,18)/t13-/m0/s1. The highest BCUT2D eigenvalue weighted by Gasteiger charge is 2.23. The van der Waals surface area contributed by atoms with Crippen LogP contribution in [0.4, 0.5) is 0 Å². The Bertz CT molecular complexity index is 457. The summed E-state index contributed by atoms with van der Waals surface area (Å²) in [6.07, 6.45) is 0.0977. The van der Waals surface area contributed by atoms with Crippen LogP contribution in [0.15, 0.2) is 24.3 Å². The number of para-hydroxylation sites is 1. The Hall–Kier alpha value is -2.04. The van der Waals surface area contributed by atoms with Gasteiger partial charge in [0.25, 0.3) is 0 Å². The highest BCUT2D eigenvalue weighted by atomic mass is 16.5. The number of hydrogen-bond acceptors (Lipinski definition) is 3. The smallest absolute Gasteiger partial charge is 0.326 e. The van der Waals surface area contributed by atoms with Gasteiger partial charge in [-0.05, 0) is 12.0 Å². The summed E-state index contributed by atoms with van der Waals surface area (Å²) in [7, 11) is 1.53. The van der Waals surface area contributed by atoms with Gasteiger partial charge in [0.1, 0.15) is 11.8 Å². The van der Waals surface area contributed by atoms with Crippen molar-refractivity contribution in [2.75, 3.05) is 7.11 Å². The SMILES string of the molecule is COc1ccccc1CC(=O)N[C@H](C(=O)O)C(C)C.